The van der Waals surface area contributed by atoms with Crippen LogP contribution in [0.5, 0.6) is 23.0 Å². The van der Waals surface area contributed by atoms with Crippen LogP contribution in [-0.4, -0.2) is 16.1 Å². The monoisotopic (exact) mass is 1130 g/mol. The Kier molecular flexibility index (Phi) is 11.6. The summed E-state index contributed by atoms with van der Waals surface area (Å²) in [7, 11) is -5.66. The second-order valence-corrected chi connectivity index (χ2v) is 30.4. The zero-order valence-corrected chi connectivity index (χ0v) is 49.0. The zero-order chi connectivity index (χ0) is 56.8. The summed E-state index contributed by atoms with van der Waals surface area (Å²) in [5.41, 5.74) is 9.23. The molecule has 86 heavy (non-hydrogen) atoms. The third-order valence-electron chi connectivity index (χ3n) is 18.6. The number of rotatable bonds is 10. The number of benzene rings is 15. The van der Waals surface area contributed by atoms with Crippen molar-refractivity contribution in [2.75, 3.05) is 0 Å². The van der Waals surface area contributed by atoms with Gasteiger partial charge >= 0.3 is 0 Å². The van der Waals surface area contributed by atoms with Crippen LogP contribution in [0.1, 0.15) is 0 Å². The summed E-state index contributed by atoms with van der Waals surface area (Å²) in [5.74, 6) is 3.48. The average Bonchev–Trinajstić information content (AvgIpc) is 1.25. The molecule has 0 radical (unpaired) electrons. The highest BCUT2D eigenvalue weighted by Gasteiger charge is 2.44. The molecule has 0 saturated heterocycles. The molecule has 17 rings (SSSR count). The third-order valence-corrected chi connectivity index (χ3v) is 28.2. The molecule has 0 N–H and O–H groups in total. The van der Waals surface area contributed by atoms with Crippen LogP contribution in [0.4, 0.5) is 0 Å². The minimum atomic E-state index is -2.86. The Bertz CT molecular complexity index is 4900. The van der Waals surface area contributed by atoms with Crippen LogP contribution < -0.4 is 51.0 Å². The van der Waals surface area contributed by atoms with Gasteiger partial charge in [-0.15, -0.1) is 0 Å². The normalized spacial score (nSPS) is 12.4. The Morgan fingerprint density at radius 2 is 0.558 bits per heavy atom. The molecule has 2 heterocycles. The SMILES string of the molecule is c1ccc([Si](c2ccccc2)(c2ccccc2)c2ccc3c(c2)Oc2ccc(-c4c5ccccc5c(-c5ccc6c(c5)Oc5ccc([Si](c7ccccc7)(c7ccccc7)c7ccccc7)c7cccc-6c57)c5ccccc45)c4cccc-3c24)cc1. The van der Waals surface area contributed by atoms with Crippen LogP contribution >= 0.6 is 0 Å². The lowest BCUT2D eigenvalue weighted by molar-refractivity contribution is 0.487. The van der Waals surface area contributed by atoms with Gasteiger partial charge in [0.2, 0.25) is 0 Å². The predicted octanol–water partition coefficient (Wildman–Crippen LogP) is 15.9. The predicted molar refractivity (Wildman–Crippen MR) is 366 cm³/mol. The highest BCUT2D eigenvalue weighted by molar-refractivity contribution is 7.21. The molecular formula is C82H54O2Si2. The van der Waals surface area contributed by atoms with Gasteiger partial charge in [0.25, 0.3) is 0 Å². The molecule has 2 aliphatic rings. The van der Waals surface area contributed by atoms with E-state index in [2.05, 4.69) is 328 Å². The van der Waals surface area contributed by atoms with E-state index in [-0.39, 0.29) is 0 Å². The minimum absolute atomic E-state index is 0.856. The second-order valence-electron chi connectivity index (χ2n) is 22.8. The molecule has 2 nitrogen and oxygen atoms in total. The summed E-state index contributed by atoms with van der Waals surface area (Å²) in [4.78, 5) is 0. The molecule has 0 unspecified atom stereocenters. The Morgan fingerprint density at radius 1 is 0.198 bits per heavy atom. The molecule has 0 aromatic heterocycles. The summed E-state index contributed by atoms with van der Waals surface area (Å²) in [6, 6.07) is 121. The van der Waals surface area contributed by atoms with Crippen molar-refractivity contribution in [1.29, 1.82) is 0 Å². The fourth-order valence-corrected chi connectivity index (χ4v) is 24.7. The number of ether oxygens (including phenoxy) is 2. The van der Waals surface area contributed by atoms with E-state index in [0.717, 1.165) is 55.8 Å². The first-order valence-electron chi connectivity index (χ1n) is 29.7. The fraction of sp³-hybridized carbons (Fsp3) is 0. The van der Waals surface area contributed by atoms with Crippen molar-refractivity contribution in [1.82, 2.24) is 0 Å². The molecule has 0 fully saturated rings. The lowest BCUT2D eigenvalue weighted by Gasteiger charge is -2.36. The number of hydrogen-bond acceptors (Lipinski definition) is 2. The van der Waals surface area contributed by atoms with Gasteiger partial charge in [-0.25, -0.2) is 0 Å². The summed E-state index contributed by atoms with van der Waals surface area (Å²) >= 11 is 0. The summed E-state index contributed by atoms with van der Waals surface area (Å²) in [5, 5.41) is 20.1. The van der Waals surface area contributed by atoms with Gasteiger partial charge in [0.15, 0.2) is 16.1 Å². The van der Waals surface area contributed by atoms with Crippen LogP contribution in [0.3, 0.4) is 0 Å². The van der Waals surface area contributed by atoms with Crippen molar-refractivity contribution < 1.29 is 9.47 Å². The van der Waals surface area contributed by atoms with Crippen molar-refractivity contribution in [2.24, 2.45) is 0 Å². The Hall–Kier alpha value is -10.6. The van der Waals surface area contributed by atoms with Crippen LogP contribution in [0.25, 0.3) is 87.6 Å². The highest BCUT2D eigenvalue weighted by atomic mass is 28.3. The largest absolute Gasteiger partial charge is 0.456 e. The molecule has 0 amide bonds. The molecule has 4 heteroatoms. The lowest BCUT2D eigenvalue weighted by atomic mass is 9.83. The smallest absolute Gasteiger partial charge is 0.180 e. The maximum atomic E-state index is 7.21. The lowest BCUT2D eigenvalue weighted by Crippen LogP contribution is -2.74. The van der Waals surface area contributed by atoms with Gasteiger partial charge in [-0.3, -0.25) is 0 Å². The fourth-order valence-electron chi connectivity index (χ4n) is 15.0. The van der Waals surface area contributed by atoms with E-state index >= 15 is 0 Å². The second kappa shape index (κ2) is 20.0. The first kappa shape index (κ1) is 49.9. The summed E-state index contributed by atoms with van der Waals surface area (Å²) < 4.78 is 14.4. The summed E-state index contributed by atoms with van der Waals surface area (Å²) in [6.45, 7) is 0. The molecule has 0 aliphatic carbocycles. The molecule has 0 atom stereocenters. The molecule has 402 valence electrons. The first-order valence-corrected chi connectivity index (χ1v) is 33.7. The average molecular weight is 1130 g/mol. The first-order chi connectivity index (χ1) is 42.7. The van der Waals surface area contributed by atoms with E-state index in [1.165, 1.54) is 96.2 Å². The van der Waals surface area contributed by atoms with Crippen molar-refractivity contribution in [3.8, 4) is 67.5 Å². The standard InChI is InChI=1S/C82H54O2Si2/c1-7-25-56(26-8-1)85(57-27-9-2-10-28-57,58-29-11-3-12-30-58)62-46-48-64-65-41-23-43-71-72(49-50-74(81(65)71)84-77(64)54-62)80-69-39-21-19-37-67(69)79(68-38-20-22-40-70(68)80)55-45-47-63-66-42-24-44-73-78(52-51-75(82(66)73)83-76(63)53-55)86(59-31-13-4-14-32-59,60-33-15-5-16-34-60)61-35-17-6-18-36-61/h1-54H. The maximum absolute atomic E-state index is 7.21. The van der Waals surface area contributed by atoms with E-state index in [9.17, 15) is 0 Å². The van der Waals surface area contributed by atoms with Crippen molar-refractivity contribution in [2.45, 2.75) is 0 Å². The Labute approximate surface area is 502 Å². The molecule has 15 aromatic rings. The molecule has 2 aliphatic heterocycles. The van der Waals surface area contributed by atoms with Crippen molar-refractivity contribution in [3.63, 3.8) is 0 Å². The van der Waals surface area contributed by atoms with Crippen LogP contribution in [-0.2, 0) is 0 Å². The van der Waals surface area contributed by atoms with Gasteiger partial charge in [0, 0.05) is 21.9 Å². The molecule has 0 saturated carbocycles. The topological polar surface area (TPSA) is 18.5 Å². The van der Waals surface area contributed by atoms with E-state index in [1.807, 2.05) is 0 Å². The molecule has 0 spiro atoms. The molecule has 0 bridgehead atoms. The van der Waals surface area contributed by atoms with Crippen LogP contribution in [0.15, 0.2) is 328 Å². The van der Waals surface area contributed by atoms with Crippen LogP contribution in [0, 0.1) is 0 Å². The Morgan fingerprint density at radius 3 is 1.03 bits per heavy atom. The zero-order valence-electron chi connectivity index (χ0n) is 47.0. The van der Waals surface area contributed by atoms with E-state index in [0.29, 0.717) is 0 Å². The van der Waals surface area contributed by atoms with Gasteiger partial charge in [-0.2, -0.15) is 0 Å². The number of fused-ring (bicyclic) bond motifs is 6. The highest BCUT2D eigenvalue weighted by Crippen LogP contribution is 2.53. The van der Waals surface area contributed by atoms with E-state index in [4.69, 9.17) is 9.47 Å². The molecule has 15 aromatic carbocycles. The summed E-state index contributed by atoms with van der Waals surface area (Å²) in [6.07, 6.45) is 0. The number of hydrogen-bond donors (Lipinski definition) is 0. The van der Waals surface area contributed by atoms with Gasteiger partial charge in [-0.05, 0) is 144 Å². The van der Waals surface area contributed by atoms with Crippen LogP contribution in [0.2, 0.25) is 0 Å². The third kappa shape index (κ3) is 7.43. The van der Waals surface area contributed by atoms with Gasteiger partial charge in [0.1, 0.15) is 23.0 Å². The van der Waals surface area contributed by atoms with E-state index in [1.54, 1.807) is 0 Å². The van der Waals surface area contributed by atoms with Crippen molar-refractivity contribution >= 4 is 101 Å². The Balaban J connectivity index is 0.802. The minimum Gasteiger partial charge on any atom is -0.456 e. The quantitative estimate of drug-likeness (QED) is 0.0772. The van der Waals surface area contributed by atoms with E-state index < -0.39 is 16.1 Å². The van der Waals surface area contributed by atoms with Gasteiger partial charge in [0.05, 0.1) is 0 Å². The molecular weight excluding hydrogens is 1070 g/mol. The van der Waals surface area contributed by atoms with Gasteiger partial charge in [-0.1, -0.05) is 291 Å². The van der Waals surface area contributed by atoms with Gasteiger partial charge < -0.3 is 9.47 Å². The maximum Gasteiger partial charge on any atom is 0.180 e. The van der Waals surface area contributed by atoms with Crippen molar-refractivity contribution in [3.05, 3.63) is 328 Å².